The van der Waals surface area contributed by atoms with Crippen molar-refractivity contribution < 1.29 is 12.8 Å². The molecule has 21 heavy (non-hydrogen) atoms. The number of hydrogen-bond donors (Lipinski definition) is 1. The maximum Gasteiger partial charge on any atom is 0.262 e. The first-order valence-corrected chi connectivity index (χ1v) is 8.10. The highest BCUT2D eigenvalue weighted by atomic mass is 79.9. The number of nitrogens with one attached hydrogen (secondary N) is 1. The van der Waals surface area contributed by atoms with Crippen molar-refractivity contribution >= 4 is 31.6 Å². The largest absolute Gasteiger partial charge is 0.278 e. The lowest BCUT2D eigenvalue weighted by Gasteiger charge is -2.11. The van der Waals surface area contributed by atoms with Crippen LogP contribution < -0.4 is 4.72 Å². The van der Waals surface area contributed by atoms with Crippen molar-refractivity contribution in [3.63, 3.8) is 0 Å². The van der Waals surface area contributed by atoms with Gasteiger partial charge in [0.25, 0.3) is 10.0 Å². The lowest BCUT2D eigenvalue weighted by Crippen LogP contribution is -2.15. The van der Waals surface area contributed by atoms with Crippen LogP contribution >= 0.6 is 15.9 Å². The number of rotatable bonds is 3. The standard InChI is InChI=1S/C14H10BrFN2O2S/c1-9-2-4-12(16)7-14(9)21(19,20)18-13-5-3-11(15)6-10(13)8-17/h2-7,18H,1H3. The van der Waals surface area contributed by atoms with Crippen molar-refractivity contribution in [3.05, 3.63) is 57.8 Å². The van der Waals surface area contributed by atoms with Crippen LogP contribution in [0.4, 0.5) is 10.1 Å². The van der Waals surface area contributed by atoms with Crippen LogP contribution in [0, 0.1) is 24.1 Å². The topological polar surface area (TPSA) is 70.0 Å². The molecule has 0 bridgehead atoms. The van der Waals surface area contributed by atoms with Gasteiger partial charge in [-0.2, -0.15) is 5.26 Å². The van der Waals surface area contributed by atoms with Gasteiger partial charge in [-0.15, -0.1) is 0 Å². The van der Waals surface area contributed by atoms with E-state index in [1.165, 1.54) is 24.3 Å². The monoisotopic (exact) mass is 368 g/mol. The molecular weight excluding hydrogens is 359 g/mol. The molecule has 0 radical (unpaired) electrons. The van der Waals surface area contributed by atoms with Gasteiger partial charge in [-0.05, 0) is 42.8 Å². The molecule has 0 aromatic heterocycles. The Morgan fingerprint density at radius 1 is 1.24 bits per heavy atom. The summed E-state index contributed by atoms with van der Waals surface area (Å²) in [4.78, 5) is -0.158. The predicted molar refractivity (Wildman–Crippen MR) is 80.8 cm³/mol. The second-order valence-electron chi connectivity index (χ2n) is 4.32. The minimum atomic E-state index is -3.97. The zero-order valence-corrected chi connectivity index (χ0v) is 13.3. The van der Waals surface area contributed by atoms with Gasteiger partial charge in [0, 0.05) is 4.47 Å². The summed E-state index contributed by atoms with van der Waals surface area (Å²) in [7, 11) is -3.97. The van der Waals surface area contributed by atoms with E-state index in [0.29, 0.717) is 10.0 Å². The van der Waals surface area contributed by atoms with E-state index in [9.17, 15) is 12.8 Å². The highest BCUT2D eigenvalue weighted by Crippen LogP contribution is 2.24. The summed E-state index contributed by atoms with van der Waals surface area (Å²) in [6.45, 7) is 1.57. The Kier molecular flexibility index (Phi) is 4.30. The van der Waals surface area contributed by atoms with Gasteiger partial charge >= 0.3 is 0 Å². The molecule has 0 saturated heterocycles. The first-order valence-electron chi connectivity index (χ1n) is 5.82. The van der Waals surface area contributed by atoms with Crippen molar-refractivity contribution in [2.75, 3.05) is 4.72 Å². The Morgan fingerprint density at radius 3 is 2.62 bits per heavy atom. The molecule has 0 saturated carbocycles. The summed E-state index contributed by atoms with van der Waals surface area (Å²) in [5.41, 5.74) is 0.728. The molecule has 4 nitrogen and oxygen atoms in total. The van der Waals surface area contributed by atoms with Crippen molar-refractivity contribution in [1.82, 2.24) is 0 Å². The summed E-state index contributed by atoms with van der Waals surface area (Å²) >= 11 is 3.20. The van der Waals surface area contributed by atoms with E-state index in [2.05, 4.69) is 20.7 Å². The van der Waals surface area contributed by atoms with Crippen molar-refractivity contribution in [3.8, 4) is 6.07 Å². The fourth-order valence-corrected chi connectivity index (χ4v) is 3.46. The maximum atomic E-state index is 13.3. The van der Waals surface area contributed by atoms with E-state index < -0.39 is 15.8 Å². The average Bonchev–Trinajstić information content (AvgIpc) is 2.43. The van der Waals surface area contributed by atoms with Crippen molar-refractivity contribution in [1.29, 1.82) is 5.26 Å². The van der Waals surface area contributed by atoms with Crippen LogP contribution in [0.3, 0.4) is 0 Å². The summed E-state index contributed by atoms with van der Waals surface area (Å²) in [5.74, 6) is -0.641. The minimum absolute atomic E-state index is 0.143. The van der Waals surface area contributed by atoms with Crippen LogP contribution in [0.25, 0.3) is 0 Å². The molecule has 2 aromatic carbocycles. The fraction of sp³-hybridized carbons (Fsp3) is 0.0714. The van der Waals surface area contributed by atoms with E-state index >= 15 is 0 Å². The quantitative estimate of drug-likeness (QED) is 0.899. The third-order valence-corrected chi connectivity index (χ3v) is 4.79. The highest BCUT2D eigenvalue weighted by molar-refractivity contribution is 9.10. The summed E-state index contributed by atoms with van der Waals surface area (Å²) < 4.78 is 40.9. The normalized spacial score (nSPS) is 11.0. The molecule has 108 valence electrons. The Bertz CT molecular complexity index is 845. The first-order chi connectivity index (χ1) is 9.83. The third-order valence-electron chi connectivity index (χ3n) is 2.79. The van der Waals surface area contributed by atoms with Gasteiger partial charge in [0.1, 0.15) is 11.9 Å². The third kappa shape index (κ3) is 3.40. The molecule has 7 heteroatoms. The van der Waals surface area contributed by atoms with E-state index in [1.807, 2.05) is 6.07 Å². The lowest BCUT2D eigenvalue weighted by atomic mass is 10.2. The van der Waals surface area contributed by atoms with Crippen LogP contribution in [0.2, 0.25) is 0 Å². The zero-order valence-electron chi connectivity index (χ0n) is 10.9. The Balaban J connectivity index is 2.48. The van der Waals surface area contributed by atoms with Gasteiger partial charge in [-0.3, -0.25) is 4.72 Å². The lowest BCUT2D eigenvalue weighted by molar-refractivity contribution is 0.594. The molecule has 0 aliphatic heterocycles. The van der Waals surface area contributed by atoms with Gasteiger partial charge in [0.05, 0.1) is 16.1 Å². The average molecular weight is 369 g/mol. The minimum Gasteiger partial charge on any atom is -0.278 e. The van der Waals surface area contributed by atoms with Gasteiger partial charge < -0.3 is 0 Å². The number of halogens is 2. The molecule has 0 spiro atoms. The highest BCUT2D eigenvalue weighted by Gasteiger charge is 2.19. The summed E-state index contributed by atoms with van der Waals surface area (Å²) in [6, 6.07) is 10.00. The Morgan fingerprint density at radius 2 is 1.95 bits per heavy atom. The molecule has 1 N–H and O–H groups in total. The molecule has 0 unspecified atom stereocenters. The fourth-order valence-electron chi connectivity index (χ4n) is 1.76. The molecule has 2 aromatic rings. The number of anilines is 1. The Hall–Kier alpha value is -1.91. The van der Waals surface area contributed by atoms with Gasteiger partial charge in [0.2, 0.25) is 0 Å². The van der Waals surface area contributed by atoms with Crippen LogP contribution in [-0.4, -0.2) is 8.42 Å². The van der Waals surface area contributed by atoms with E-state index in [1.54, 1.807) is 13.0 Å². The summed E-state index contributed by atoms with van der Waals surface area (Å²) in [5, 5.41) is 9.04. The number of benzene rings is 2. The maximum absolute atomic E-state index is 13.3. The molecule has 0 amide bonds. The van der Waals surface area contributed by atoms with Gasteiger partial charge in [-0.25, -0.2) is 12.8 Å². The van der Waals surface area contributed by atoms with Gasteiger partial charge in [0.15, 0.2) is 0 Å². The summed E-state index contributed by atoms with van der Waals surface area (Å²) in [6.07, 6.45) is 0. The molecule has 0 aliphatic carbocycles. The molecule has 0 fully saturated rings. The number of nitriles is 1. The predicted octanol–water partition coefficient (Wildman–Crippen LogP) is 3.57. The number of hydrogen-bond acceptors (Lipinski definition) is 3. The second kappa shape index (κ2) is 5.84. The number of aryl methyl sites for hydroxylation is 1. The van der Waals surface area contributed by atoms with Crippen LogP contribution in [0.1, 0.15) is 11.1 Å². The van der Waals surface area contributed by atoms with E-state index in [4.69, 9.17) is 5.26 Å². The first kappa shape index (κ1) is 15.5. The molecule has 2 rings (SSSR count). The zero-order chi connectivity index (χ0) is 15.6. The number of sulfonamides is 1. The smallest absolute Gasteiger partial charge is 0.262 e. The van der Waals surface area contributed by atoms with Crippen molar-refractivity contribution in [2.45, 2.75) is 11.8 Å². The van der Waals surface area contributed by atoms with Crippen LogP contribution in [0.5, 0.6) is 0 Å². The van der Waals surface area contributed by atoms with Crippen LogP contribution in [-0.2, 0) is 10.0 Å². The molecule has 0 atom stereocenters. The van der Waals surface area contributed by atoms with Crippen LogP contribution in [0.15, 0.2) is 45.8 Å². The second-order valence-corrected chi connectivity index (χ2v) is 6.88. The Labute approximate surface area is 130 Å². The van der Waals surface area contributed by atoms with E-state index in [0.717, 1.165) is 6.07 Å². The molecular formula is C14H10BrFN2O2S. The number of nitrogens with zero attached hydrogens (tertiary/aromatic N) is 1. The SMILES string of the molecule is Cc1ccc(F)cc1S(=O)(=O)Nc1ccc(Br)cc1C#N. The molecule has 0 heterocycles. The van der Waals surface area contributed by atoms with Crippen molar-refractivity contribution in [2.24, 2.45) is 0 Å². The molecule has 0 aliphatic rings. The van der Waals surface area contributed by atoms with Gasteiger partial charge in [-0.1, -0.05) is 22.0 Å². The van der Waals surface area contributed by atoms with E-state index in [-0.39, 0.29) is 16.1 Å².